The van der Waals surface area contributed by atoms with E-state index in [1.165, 1.54) is 23.8 Å². The van der Waals surface area contributed by atoms with E-state index < -0.39 is 23.7 Å². The Morgan fingerprint density at radius 1 is 0.974 bits per heavy atom. The first-order chi connectivity index (χ1) is 18.9. The molecule has 0 aliphatic carbocycles. The minimum Gasteiger partial charge on any atom is -0.491 e. The predicted molar refractivity (Wildman–Crippen MR) is 148 cm³/mol. The number of fused-ring (bicyclic) bond motifs is 1. The van der Waals surface area contributed by atoms with Crippen LogP contribution in [0.2, 0.25) is 0 Å². The van der Waals surface area contributed by atoms with Gasteiger partial charge in [0.2, 0.25) is 0 Å². The molecular formula is C31H28FN3O4. The monoisotopic (exact) mass is 525 g/mol. The number of carbonyl (C=O) groups excluding carboxylic acids is 3. The average molecular weight is 526 g/mol. The van der Waals surface area contributed by atoms with Crippen LogP contribution in [0.15, 0.2) is 84.6 Å². The topological polar surface area (TPSA) is 80.6 Å². The molecule has 1 aliphatic rings. The molecule has 0 spiro atoms. The predicted octanol–water partition coefficient (Wildman–Crippen LogP) is 6.04. The molecule has 3 aromatic carbocycles. The zero-order valence-corrected chi connectivity index (χ0v) is 21.7. The molecule has 5 rings (SSSR count). The minimum absolute atomic E-state index is 0.162. The van der Waals surface area contributed by atoms with Gasteiger partial charge in [-0.2, -0.15) is 0 Å². The Balaban J connectivity index is 1.43. The third kappa shape index (κ3) is 5.18. The van der Waals surface area contributed by atoms with Gasteiger partial charge in [0, 0.05) is 22.7 Å². The Bertz CT molecular complexity index is 1590. The van der Waals surface area contributed by atoms with Crippen molar-refractivity contribution >= 4 is 40.5 Å². The number of aromatic nitrogens is 1. The highest BCUT2D eigenvalue weighted by Crippen LogP contribution is 2.29. The number of hydrogen-bond acceptors (Lipinski definition) is 4. The molecule has 2 heterocycles. The summed E-state index contributed by atoms with van der Waals surface area (Å²) < 4.78 is 21.6. The maximum Gasteiger partial charge on any atom is 0.335 e. The first-order valence-electron chi connectivity index (χ1n) is 12.8. The van der Waals surface area contributed by atoms with E-state index in [0.29, 0.717) is 24.6 Å². The van der Waals surface area contributed by atoms with Crippen LogP contribution < -0.4 is 15.0 Å². The first kappa shape index (κ1) is 25.9. The summed E-state index contributed by atoms with van der Waals surface area (Å²) in [6.45, 7) is 5.29. The molecule has 1 unspecified atom stereocenters. The van der Waals surface area contributed by atoms with Crippen LogP contribution in [0.3, 0.4) is 0 Å². The number of ether oxygens (including phenoxy) is 1. The van der Waals surface area contributed by atoms with Crippen molar-refractivity contribution in [3.63, 3.8) is 0 Å². The highest BCUT2D eigenvalue weighted by Gasteiger charge is 2.37. The van der Waals surface area contributed by atoms with Gasteiger partial charge in [-0.1, -0.05) is 50.2 Å². The van der Waals surface area contributed by atoms with Crippen LogP contribution >= 0.6 is 0 Å². The van der Waals surface area contributed by atoms with E-state index in [1.807, 2.05) is 53.2 Å². The number of hydrogen-bond donors (Lipinski definition) is 1. The van der Waals surface area contributed by atoms with E-state index in [2.05, 4.69) is 25.2 Å². The summed E-state index contributed by atoms with van der Waals surface area (Å²) in [6.07, 6.45) is 4.36. The minimum atomic E-state index is -0.883. The number of amides is 4. The average Bonchev–Trinajstić information content (AvgIpc) is 3.29. The van der Waals surface area contributed by atoms with Crippen molar-refractivity contribution in [1.82, 2.24) is 9.88 Å². The van der Waals surface area contributed by atoms with Crippen LogP contribution in [-0.2, 0) is 16.1 Å². The second kappa shape index (κ2) is 10.9. The van der Waals surface area contributed by atoms with Gasteiger partial charge in [-0.05, 0) is 60.4 Å². The largest absolute Gasteiger partial charge is 0.491 e. The summed E-state index contributed by atoms with van der Waals surface area (Å²) in [4.78, 5) is 39.3. The number of carbonyl (C=O) groups is 3. The van der Waals surface area contributed by atoms with Gasteiger partial charge in [0.05, 0.1) is 12.2 Å². The van der Waals surface area contributed by atoms with Crippen LogP contribution in [0.25, 0.3) is 17.0 Å². The lowest BCUT2D eigenvalue weighted by atomic mass is 9.98. The van der Waals surface area contributed by atoms with E-state index in [1.54, 1.807) is 0 Å². The van der Waals surface area contributed by atoms with Gasteiger partial charge in [0.15, 0.2) is 0 Å². The summed E-state index contributed by atoms with van der Waals surface area (Å²) in [6, 6.07) is 19.7. The summed E-state index contributed by atoms with van der Waals surface area (Å²) >= 11 is 0. The van der Waals surface area contributed by atoms with Crippen molar-refractivity contribution in [1.29, 1.82) is 0 Å². The number of benzene rings is 3. The molecular weight excluding hydrogens is 497 g/mol. The number of urea groups is 1. The summed E-state index contributed by atoms with van der Waals surface area (Å²) in [5.74, 6) is -0.828. The lowest BCUT2D eigenvalue weighted by Crippen LogP contribution is -2.54. The van der Waals surface area contributed by atoms with Gasteiger partial charge in [-0.15, -0.1) is 0 Å². The summed E-state index contributed by atoms with van der Waals surface area (Å²) in [7, 11) is 0. The van der Waals surface area contributed by atoms with Gasteiger partial charge in [-0.3, -0.25) is 14.9 Å². The molecule has 0 bridgehead atoms. The lowest BCUT2D eigenvalue weighted by molar-refractivity contribution is -0.122. The molecule has 1 atom stereocenters. The number of para-hydroxylation sites is 2. The summed E-state index contributed by atoms with van der Waals surface area (Å²) in [5, 5.41) is 3.05. The number of nitrogens with zero attached hydrogens (tertiary/aromatic N) is 2. The highest BCUT2D eigenvalue weighted by atomic mass is 19.1. The number of anilines is 1. The van der Waals surface area contributed by atoms with E-state index >= 15 is 0 Å². The van der Waals surface area contributed by atoms with Crippen molar-refractivity contribution in [2.45, 2.75) is 32.7 Å². The van der Waals surface area contributed by atoms with E-state index in [4.69, 9.17) is 4.74 Å². The molecule has 1 aromatic heterocycles. The molecule has 4 amide bonds. The van der Waals surface area contributed by atoms with Crippen LogP contribution in [0.4, 0.5) is 14.9 Å². The number of rotatable bonds is 8. The fourth-order valence-electron chi connectivity index (χ4n) is 4.71. The van der Waals surface area contributed by atoms with Crippen molar-refractivity contribution in [3.8, 4) is 5.75 Å². The van der Waals surface area contributed by atoms with Gasteiger partial charge in [-0.25, -0.2) is 14.1 Å². The van der Waals surface area contributed by atoms with Gasteiger partial charge in [0.1, 0.15) is 23.7 Å². The Morgan fingerprint density at radius 2 is 1.69 bits per heavy atom. The molecule has 4 aromatic rings. The van der Waals surface area contributed by atoms with Crippen LogP contribution in [0, 0.1) is 5.82 Å². The second-order valence-corrected chi connectivity index (χ2v) is 9.42. The molecule has 1 aliphatic heterocycles. The zero-order chi connectivity index (χ0) is 27.5. The maximum atomic E-state index is 13.4. The molecule has 1 saturated heterocycles. The third-order valence-corrected chi connectivity index (χ3v) is 6.96. The molecule has 8 heteroatoms. The third-order valence-electron chi connectivity index (χ3n) is 6.96. The van der Waals surface area contributed by atoms with Gasteiger partial charge in [0.25, 0.3) is 11.8 Å². The van der Waals surface area contributed by atoms with Crippen molar-refractivity contribution in [2.75, 3.05) is 11.5 Å². The van der Waals surface area contributed by atoms with Crippen LogP contribution in [0.1, 0.15) is 37.3 Å². The number of imide groups is 2. The number of halogens is 1. The molecule has 0 radical (unpaired) electrons. The van der Waals surface area contributed by atoms with Crippen LogP contribution in [-0.4, -0.2) is 29.0 Å². The molecule has 1 N–H and O–H groups in total. The number of barbiturate groups is 1. The quantitative estimate of drug-likeness (QED) is 0.225. The molecule has 0 saturated carbocycles. The Kier molecular flexibility index (Phi) is 7.27. The van der Waals surface area contributed by atoms with Crippen molar-refractivity contribution in [3.05, 3.63) is 102 Å². The highest BCUT2D eigenvalue weighted by molar-refractivity contribution is 6.39. The molecule has 198 valence electrons. The molecule has 1 fully saturated rings. The fraction of sp³-hybridized carbons (Fsp3) is 0.194. The van der Waals surface area contributed by atoms with Gasteiger partial charge < -0.3 is 9.30 Å². The SMILES string of the molecule is CCC(C)c1ccccc1OCCn1cc(C=C2C(=O)NC(=O)N(c3ccc(F)cc3)C2=O)c2ccccc21. The Morgan fingerprint density at radius 3 is 2.46 bits per heavy atom. The maximum absolute atomic E-state index is 13.4. The Hall–Kier alpha value is -4.72. The molecule has 7 nitrogen and oxygen atoms in total. The molecule has 39 heavy (non-hydrogen) atoms. The lowest BCUT2D eigenvalue weighted by Gasteiger charge is -2.26. The van der Waals surface area contributed by atoms with E-state index in [9.17, 15) is 18.8 Å². The fourth-order valence-corrected chi connectivity index (χ4v) is 4.71. The number of nitrogens with one attached hydrogen (secondary N) is 1. The zero-order valence-electron chi connectivity index (χ0n) is 21.7. The van der Waals surface area contributed by atoms with Crippen molar-refractivity contribution < 1.29 is 23.5 Å². The second-order valence-electron chi connectivity index (χ2n) is 9.42. The van der Waals surface area contributed by atoms with Crippen molar-refractivity contribution in [2.24, 2.45) is 0 Å². The van der Waals surface area contributed by atoms with Crippen LogP contribution in [0.5, 0.6) is 5.75 Å². The Labute approximate surface area is 225 Å². The first-order valence-corrected chi connectivity index (χ1v) is 12.8. The van der Waals surface area contributed by atoms with Gasteiger partial charge >= 0.3 is 6.03 Å². The standard InChI is InChI=1S/C31H28FN3O4/c1-3-20(2)24-8-5-7-11-28(24)39-17-16-34-19-21(25-9-4-6-10-27(25)34)18-26-29(36)33-31(38)35(30(26)37)23-14-12-22(32)13-15-23/h4-15,18-20H,3,16-17H2,1-2H3,(H,33,36,38). The van der Waals surface area contributed by atoms with E-state index in [0.717, 1.165) is 40.1 Å². The summed E-state index contributed by atoms with van der Waals surface area (Å²) in [5.41, 5.74) is 2.70. The normalized spacial score (nSPS) is 15.6. The van der Waals surface area contributed by atoms with E-state index in [-0.39, 0.29) is 11.3 Å². The smallest absolute Gasteiger partial charge is 0.335 e.